The van der Waals surface area contributed by atoms with E-state index in [4.69, 9.17) is 0 Å². The van der Waals surface area contributed by atoms with Gasteiger partial charge in [-0.25, -0.2) is 13.2 Å². The van der Waals surface area contributed by atoms with Crippen molar-refractivity contribution in [2.45, 2.75) is 63.1 Å². The third-order valence-corrected chi connectivity index (χ3v) is 11.2. The van der Waals surface area contributed by atoms with Crippen LogP contribution in [0.5, 0.6) is 0 Å². The number of rotatable bonds is 8. The molecule has 228 valence electrons. The zero-order chi connectivity index (χ0) is 30.6. The van der Waals surface area contributed by atoms with Crippen molar-refractivity contribution < 1.29 is 22.8 Å². The van der Waals surface area contributed by atoms with E-state index in [0.717, 1.165) is 49.2 Å². The zero-order valence-electron chi connectivity index (χ0n) is 24.4. The molecule has 0 saturated carbocycles. The van der Waals surface area contributed by atoms with Crippen molar-refractivity contribution in [1.82, 2.24) is 19.8 Å². The zero-order valence-corrected chi connectivity index (χ0v) is 26.0. The highest BCUT2D eigenvalue weighted by Crippen LogP contribution is 2.38. The van der Waals surface area contributed by atoms with Crippen LogP contribution in [0.3, 0.4) is 0 Å². The van der Waals surface area contributed by atoms with Crippen molar-refractivity contribution in [2.75, 3.05) is 25.5 Å². The van der Waals surface area contributed by atoms with E-state index in [-0.39, 0.29) is 22.1 Å². The van der Waals surface area contributed by atoms with Crippen molar-refractivity contribution in [3.63, 3.8) is 0 Å². The fourth-order valence-corrected chi connectivity index (χ4v) is 8.83. The molecule has 5 rings (SSSR count). The Hall–Kier alpha value is -3.58. The Kier molecular flexibility index (Phi) is 9.60. The average Bonchev–Trinajstić information content (AvgIpc) is 3.38. The molecule has 1 atom stereocenters. The van der Waals surface area contributed by atoms with Crippen molar-refractivity contribution in [3.8, 4) is 0 Å². The number of benzene rings is 2. The van der Waals surface area contributed by atoms with Gasteiger partial charge in [-0.1, -0.05) is 43.7 Å². The number of carbonyl (C=O) groups excluding carboxylic acids is 3. The summed E-state index contributed by atoms with van der Waals surface area (Å²) in [6, 6.07) is 15.4. The minimum atomic E-state index is -3.68. The number of nitrogens with one attached hydrogen (secondary N) is 3. The molecule has 12 heteroatoms. The number of thiophene rings is 1. The summed E-state index contributed by atoms with van der Waals surface area (Å²) in [6.45, 7) is 4.57. The summed E-state index contributed by atoms with van der Waals surface area (Å²) in [5.74, 6) is -1.06. The highest BCUT2D eigenvalue weighted by Gasteiger charge is 2.33. The minimum Gasteiger partial charge on any atom is -0.341 e. The van der Waals surface area contributed by atoms with Crippen molar-refractivity contribution in [3.05, 3.63) is 81.7 Å². The summed E-state index contributed by atoms with van der Waals surface area (Å²) in [4.78, 5) is 41.9. The molecule has 3 heterocycles. The van der Waals surface area contributed by atoms with Crippen LogP contribution in [0.1, 0.15) is 69.3 Å². The Morgan fingerprint density at radius 3 is 2.42 bits per heavy atom. The molecule has 43 heavy (non-hydrogen) atoms. The van der Waals surface area contributed by atoms with Crippen molar-refractivity contribution in [1.29, 1.82) is 0 Å². The monoisotopic (exact) mass is 623 g/mol. The lowest BCUT2D eigenvalue weighted by Crippen LogP contribution is -2.43. The van der Waals surface area contributed by atoms with E-state index in [2.05, 4.69) is 33.0 Å². The highest BCUT2D eigenvalue weighted by molar-refractivity contribution is 7.89. The maximum absolute atomic E-state index is 13.4. The van der Waals surface area contributed by atoms with Crippen molar-refractivity contribution >= 4 is 44.2 Å². The first-order chi connectivity index (χ1) is 20.7. The van der Waals surface area contributed by atoms with Gasteiger partial charge >= 0.3 is 6.03 Å². The lowest BCUT2D eigenvalue weighted by atomic mass is 10.0. The number of sulfonamides is 1. The molecule has 1 fully saturated rings. The van der Waals surface area contributed by atoms with Crippen LogP contribution in [-0.4, -0.2) is 61.6 Å². The first-order valence-electron chi connectivity index (χ1n) is 14.6. The number of imide groups is 1. The number of urea groups is 1. The van der Waals surface area contributed by atoms with E-state index < -0.39 is 27.9 Å². The molecule has 0 aliphatic carbocycles. The third-order valence-electron chi connectivity index (χ3n) is 8.06. The average molecular weight is 624 g/mol. The van der Waals surface area contributed by atoms with E-state index in [9.17, 15) is 22.8 Å². The van der Waals surface area contributed by atoms with Gasteiger partial charge in [0.1, 0.15) is 5.00 Å². The summed E-state index contributed by atoms with van der Waals surface area (Å²) in [6.07, 6.45) is 4.04. The Balaban J connectivity index is 1.37. The smallest absolute Gasteiger partial charge is 0.321 e. The van der Waals surface area contributed by atoms with Gasteiger partial charge in [0.25, 0.3) is 11.8 Å². The standard InChI is InChI=1S/C31H37N5O5S2/c1-3-23-11-7-8-17-36(23)43(40,41)24-14-12-22(13-15-24)28(37)33-30-27(29(38)34-31(39)32-2)25-16-18-35(20-26(25)42-30)19-21-9-5-4-6-10-21/h4-6,9-10,12-15,23H,3,7-8,11,16-20H2,1-2H3,(H,33,37)(H2,32,34,38,39). The molecule has 3 aromatic rings. The molecule has 2 aliphatic rings. The second kappa shape index (κ2) is 13.4. The van der Waals surface area contributed by atoms with E-state index in [1.807, 2.05) is 25.1 Å². The van der Waals surface area contributed by atoms with Gasteiger partial charge in [0.2, 0.25) is 10.0 Å². The lowest BCUT2D eigenvalue weighted by molar-refractivity contribution is 0.0964. The van der Waals surface area contributed by atoms with Crippen LogP contribution in [0.15, 0.2) is 59.5 Å². The number of carbonyl (C=O) groups is 3. The number of amides is 4. The lowest BCUT2D eigenvalue weighted by Gasteiger charge is -2.34. The number of hydrogen-bond donors (Lipinski definition) is 3. The van der Waals surface area contributed by atoms with Crippen LogP contribution >= 0.6 is 11.3 Å². The highest BCUT2D eigenvalue weighted by atomic mass is 32.2. The summed E-state index contributed by atoms with van der Waals surface area (Å²) >= 11 is 1.32. The number of hydrogen-bond acceptors (Lipinski definition) is 7. The van der Waals surface area contributed by atoms with Gasteiger partial charge in [-0.3, -0.25) is 19.8 Å². The quantitative estimate of drug-likeness (QED) is 0.337. The molecular weight excluding hydrogens is 587 g/mol. The minimum absolute atomic E-state index is 0.0189. The predicted octanol–water partition coefficient (Wildman–Crippen LogP) is 4.58. The molecule has 0 radical (unpaired) electrons. The van der Waals surface area contributed by atoms with E-state index in [0.29, 0.717) is 24.5 Å². The molecule has 0 bridgehead atoms. The van der Waals surface area contributed by atoms with Crippen LogP contribution in [0.2, 0.25) is 0 Å². The summed E-state index contributed by atoms with van der Waals surface area (Å²) < 4.78 is 28.3. The van der Waals surface area contributed by atoms with Gasteiger partial charge in [-0.05, 0) is 61.1 Å². The molecule has 1 saturated heterocycles. The SMILES string of the molecule is CCC1CCCCN1S(=O)(=O)c1ccc(C(=O)Nc2sc3c(c2C(=O)NC(=O)NC)CCN(Cc2ccccc2)C3)cc1. The normalized spacial score (nSPS) is 17.6. The maximum atomic E-state index is 13.4. The van der Waals surface area contributed by atoms with Gasteiger partial charge in [0.05, 0.1) is 10.5 Å². The van der Waals surface area contributed by atoms with Gasteiger partial charge in [-0.2, -0.15) is 4.31 Å². The first kappa shape index (κ1) is 30.9. The number of fused-ring (bicyclic) bond motifs is 1. The Morgan fingerprint density at radius 1 is 0.977 bits per heavy atom. The fraction of sp³-hybridized carbons (Fsp3) is 0.387. The number of anilines is 1. The van der Waals surface area contributed by atoms with Gasteiger partial charge < -0.3 is 10.6 Å². The summed E-state index contributed by atoms with van der Waals surface area (Å²) in [7, 11) is -2.25. The Labute approximate surface area is 256 Å². The molecule has 0 spiro atoms. The third kappa shape index (κ3) is 6.82. The van der Waals surface area contributed by atoms with E-state index in [1.54, 1.807) is 4.31 Å². The molecule has 3 N–H and O–H groups in total. The molecule has 2 aromatic carbocycles. The van der Waals surface area contributed by atoms with Crippen LogP contribution in [0, 0.1) is 0 Å². The second-order valence-electron chi connectivity index (χ2n) is 10.8. The summed E-state index contributed by atoms with van der Waals surface area (Å²) in [5, 5.41) is 7.94. The molecule has 4 amide bonds. The van der Waals surface area contributed by atoms with Crippen molar-refractivity contribution in [2.24, 2.45) is 0 Å². The molecule has 1 unspecified atom stereocenters. The topological polar surface area (TPSA) is 128 Å². The van der Waals surface area contributed by atoms with Crippen LogP contribution in [-0.2, 0) is 29.5 Å². The maximum Gasteiger partial charge on any atom is 0.321 e. The van der Waals surface area contributed by atoms with Gasteiger partial charge in [0, 0.05) is 49.7 Å². The van der Waals surface area contributed by atoms with E-state index >= 15 is 0 Å². The van der Waals surface area contributed by atoms with Gasteiger partial charge in [-0.15, -0.1) is 11.3 Å². The number of piperidine rings is 1. The first-order valence-corrected chi connectivity index (χ1v) is 16.8. The Morgan fingerprint density at radius 2 is 1.72 bits per heavy atom. The van der Waals surface area contributed by atoms with Crippen LogP contribution in [0.4, 0.5) is 9.80 Å². The molecule has 10 nitrogen and oxygen atoms in total. The van der Waals surface area contributed by atoms with Crippen LogP contribution < -0.4 is 16.0 Å². The van der Waals surface area contributed by atoms with E-state index in [1.165, 1.54) is 48.2 Å². The summed E-state index contributed by atoms with van der Waals surface area (Å²) in [5.41, 5.74) is 2.55. The largest absolute Gasteiger partial charge is 0.341 e. The molecule has 1 aromatic heterocycles. The molecular formula is C31H37N5O5S2. The second-order valence-corrected chi connectivity index (χ2v) is 13.8. The number of nitrogens with zero attached hydrogens (tertiary/aromatic N) is 2. The van der Waals surface area contributed by atoms with Gasteiger partial charge in [0.15, 0.2) is 0 Å². The van der Waals surface area contributed by atoms with Crippen LogP contribution in [0.25, 0.3) is 0 Å². The Bertz CT molecular complexity index is 1590. The molecule has 2 aliphatic heterocycles. The predicted molar refractivity (Wildman–Crippen MR) is 167 cm³/mol. The fourth-order valence-electron chi connectivity index (χ4n) is 5.78.